The Morgan fingerprint density at radius 1 is 1.09 bits per heavy atom. The zero-order chi connectivity index (χ0) is 15.4. The molecule has 0 N–H and O–H groups in total. The van der Waals surface area contributed by atoms with Crippen molar-refractivity contribution >= 4 is 5.91 Å². The molecule has 0 aliphatic carbocycles. The molecule has 2 heterocycles. The standard InChI is InChI=1S/C19H22N2O/c1-15(16-5-3-2-4-6-16)19(22)21-13-9-18(10-14-21)17-7-11-20-12-8-17/h2-8,11-12,15,18H,9-10,13-14H2,1H3. The smallest absolute Gasteiger partial charge is 0.229 e. The lowest BCUT2D eigenvalue weighted by atomic mass is 9.89. The Kier molecular flexibility index (Phi) is 4.52. The average Bonchev–Trinajstić information content (AvgIpc) is 2.62. The van der Waals surface area contributed by atoms with Crippen molar-refractivity contribution in [1.82, 2.24) is 9.88 Å². The third-order valence-corrected chi connectivity index (χ3v) is 4.65. The monoisotopic (exact) mass is 294 g/mol. The minimum atomic E-state index is -0.0568. The molecule has 22 heavy (non-hydrogen) atoms. The van der Waals surface area contributed by atoms with Gasteiger partial charge in [0.25, 0.3) is 0 Å². The normalized spacial score (nSPS) is 17.2. The number of rotatable bonds is 3. The van der Waals surface area contributed by atoms with E-state index in [0.717, 1.165) is 31.5 Å². The van der Waals surface area contributed by atoms with E-state index < -0.39 is 0 Å². The SMILES string of the molecule is CC(C(=O)N1CCC(c2ccncc2)CC1)c1ccccc1. The molecule has 3 rings (SSSR count). The molecular weight excluding hydrogens is 272 g/mol. The second-order valence-corrected chi connectivity index (χ2v) is 6.01. The minimum Gasteiger partial charge on any atom is -0.342 e. The van der Waals surface area contributed by atoms with Crippen LogP contribution in [0.4, 0.5) is 0 Å². The number of carbonyl (C=O) groups is 1. The topological polar surface area (TPSA) is 33.2 Å². The molecule has 114 valence electrons. The van der Waals surface area contributed by atoms with E-state index in [-0.39, 0.29) is 11.8 Å². The molecule has 1 aromatic heterocycles. The van der Waals surface area contributed by atoms with Crippen molar-refractivity contribution in [3.63, 3.8) is 0 Å². The summed E-state index contributed by atoms with van der Waals surface area (Å²) in [6.07, 6.45) is 5.78. The van der Waals surface area contributed by atoms with Crippen molar-refractivity contribution in [1.29, 1.82) is 0 Å². The fourth-order valence-corrected chi connectivity index (χ4v) is 3.23. The van der Waals surface area contributed by atoms with Crippen LogP contribution in [0.15, 0.2) is 54.9 Å². The van der Waals surface area contributed by atoms with Crippen molar-refractivity contribution in [2.45, 2.75) is 31.6 Å². The first-order chi connectivity index (χ1) is 10.8. The van der Waals surface area contributed by atoms with E-state index in [9.17, 15) is 4.79 Å². The molecule has 1 atom stereocenters. The van der Waals surface area contributed by atoms with Gasteiger partial charge in [0.15, 0.2) is 0 Å². The lowest BCUT2D eigenvalue weighted by Gasteiger charge is -2.34. The van der Waals surface area contributed by atoms with Gasteiger partial charge in [-0.05, 0) is 48.9 Å². The summed E-state index contributed by atoms with van der Waals surface area (Å²) in [4.78, 5) is 18.8. The van der Waals surface area contributed by atoms with E-state index in [2.05, 4.69) is 17.1 Å². The van der Waals surface area contributed by atoms with Crippen LogP contribution in [0.2, 0.25) is 0 Å². The number of piperidine rings is 1. The van der Waals surface area contributed by atoms with Crippen LogP contribution in [-0.4, -0.2) is 28.9 Å². The van der Waals surface area contributed by atoms with E-state index in [1.807, 2.05) is 54.5 Å². The number of benzene rings is 1. The largest absolute Gasteiger partial charge is 0.342 e. The van der Waals surface area contributed by atoms with Crippen LogP contribution in [-0.2, 0) is 4.79 Å². The van der Waals surface area contributed by atoms with E-state index >= 15 is 0 Å². The quantitative estimate of drug-likeness (QED) is 0.866. The Balaban J connectivity index is 1.60. The molecule has 1 unspecified atom stereocenters. The first kappa shape index (κ1) is 14.8. The molecule has 1 saturated heterocycles. The molecule has 3 heteroatoms. The maximum absolute atomic E-state index is 12.7. The van der Waals surface area contributed by atoms with Gasteiger partial charge in [-0.2, -0.15) is 0 Å². The van der Waals surface area contributed by atoms with Crippen molar-refractivity contribution in [2.75, 3.05) is 13.1 Å². The summed E-state index contributed by atoms with van der Waals surface area (Å²) in [6.45, 7) is 3.71. The van der Waals surface area contributed by atoms with Gasteiger partial charge in [-0.25, -0.2) is 0 Å². The zero-order valence-corrected chi connectivity index (χ0v) is 13.0. The van der Waals surface area contributed by atoms with Crippen molar-refractivity contribution in [3.05, 3.63) is 66.0 Å². The summed E-state index contributed by atoms with van der Waals surface area (Å²) in [5.41, 5.74) is 2.45. The summed E-state index contributed by atoms with van der Waals surface area (Å²) < 4.78 is 0. The summed E-state index contributed by atoms with van der Waals surface area (Å²) in [7, 11) is 0. The highest BCUT2D eigenvalue weighted by Gasteiger charge is 2.27. The molecule has 2 aromatic rings. The second kappa shape index (κ2) is 6.73. The zero-order valence-electron chi connectivity index (χ0n) is 13.0. The summed E-state index contributed by atoms with van der Waals surface area (Å²) >= 11 is 0. The summed E-state index contributed by atoms with van der Waals surface area (Å²) in [5, 5.41) is 0. The Labute approximate surface area is 132 Å². The third-order valence-electron chi connectivity index (χ3n) is 4.65. The van der Waals surface area contributed by atoms with Gasteiger partial charge in [0.2, 0.25) is 5.91 Å². The summed E-state index contributed by atoms with van der Waals surface area (Å²) in [5.74, 6) is 0.747. The highest BCUT2D eigenvalue weighted by atomic mass is 16.2. The molecule has 1 aromatic carbocycles. The third kappa shape index (κ3) is 3.19. The molecule has 1 fully saturated rings. The molecule has 1 amide bonds. The second-order valence-electron chi connectivity index (χ2n) is 6.01. The van der Waals surface area contributed by atoms with Crippen LogP contribution in [0.5, 0.6) is 0 Å². The first-order valence-electron chi connectivity index (χ1n) is 7.99. The van der Waals surface area contributed by atoms with Gasteiger partial charge in [-0.3, -0.25) is 9.78 Å². The minimum absolute atomic E-state index is 0.0568. The molecule has 1 aliphatic heterocycles. The maximum atomic E-state index is 12.7. The average molecular weight is 294 g/mol. The predicted octanol–water partition coefficient (Wildman–Crippen LogP) is 3.59. The van der Waals surface area contributed by atoms with Gasteiger partial charge in [0.1, 0.15) is 0 Å². The van der Waals surface area contributed by atoms with Crippen LogP contribution in [0.1, 0.15) is 42.7 Å². The van der Waals surface area contributed by atoms with Gasteiger partial charge in [0, 0.05) is 25.5 Å². The molecule has 0 radical (unpaired) electrons. The van der Waals surface area contributed by atoms with E-state index in [1.165, 1.54) is 5.56 Å². The highest BCUT2D eigenvalue weighted by molar-refractivity contribution is 5.83. The Hall–Kier alpha value is -2.16. The number of nitrogens with zero attached hydrogens (tertiary/aromatic N) is 2. The van der Waals surface area contributed by atoms with Gasteiger partial charge < -0.3 is 4.90 Å². The van der Waals surface area contributed by atoms with Crippen LogP contribution in [0.25, 0.3) is 0 Å². The predicted molar refractivity (Wildman–Crippen MR) is 87.6 cm³/mol. The van der Waals surface area contributed by atoms with E-state index in [4.69, 9.17) is 0 Å². The van der Waals surface area contributed by atoms with Crippen molar-refractivity contribution < 1.29 is 4.79 Å². The molecular formula is C19H22N2O. The van der Waals surface area contributed by atoms with Gasteiger partial charge in [0.05, 0.1) is 5.92 Å². The van der Waals surface area contributed by atoms with Gasteiger partial charge in [-0.1, -0.05) is 30.3 Å². The lowest BCUT2D eigenvalue weighted by Crippen LogP contribution is -2.40. The fourth-order valence-electron chi connectivity index (χ4n) is 3.23. The number of pyridine rings is 1. The van der Waals surface area contributed by atoms with Gasteiger partial charge in [-0.15, -0.1) is 0 Å². The fraction of sp³-hybridized carbons (Fsp3) is 0.368. The van der Waals surface area contributed by atoms with E-state index in [1.54, 1.807) is 0 Å². The Morgan fingerprint density at radius 3 is 2.36 bits per heavy atom. The number of likely N-dealkylation sites (tertiary alicyclic amines) is 1. The van der Waals surface area contributed by atoms with Crippen LogP contribution < -0.4 is 0 Å². The number of hydrogen-bond acceptors (Lipinski definition) is 2. The number of hydrogen-bond donors (Lipinski definition) is 0. The summed E-state index contributed by atoms with van der Waals surface area (Å²) in [6, 6.07) is 14.2. The highest BCUT2D eigenvalue weighted by Crippen LogP contribution is 2.29. The molecule has 0 bridgehead atoms. The Bertz CT molecular complexity index is 604. The van der Waals surface area contributed by atoms with Crippen LogP contribution in [0, 0.1) is 0 Å². The molecule has 1 aliphatic rings. The number of amides is 1. The molecule has 3 nitrogen and oxygen atoms in total. The number of aromatic nitrogens is 1. The number of carbonyl (C=O) groups excluding carboxylic acids is 1. The lowest BCUT2D eigenvalue weighted by molar-refractivity contribution is -0.133. The van der Waals surface area contributed by atoms with Crippen LogP contribution in [0.3, 0.4) is 0 Å². The van der Waals surface area contributed by atoms with E-state index in [0.29, 0.717) is 5.92 Å². The van der Waals surface area contributed by atoms with Crippen molar-refractivity contribution in [3.8, 4) is 0 Å². The first-order valence-corrected chi connectivity index (χ1v) is 7.99. The van der Waals surface area contributed by atoms with Crippen LogP contribution >= 0.6 is 0 Å². The van der Waals surface area contributed by atoms with Gasteiger partial charge >= 0.3 is 0 Å². The maximum Gasteiger partial charge on any atom is 0.229 e. The Morgan fingerprint density at radius 2 is 1.73 bits per heavy atom. The molecule has 0 spiro atoms. The van der Waals surface area contributed by atoms with Crippen molar-refractivity contribution in [2.24, 2.45) is 0 Å². The molecule has 0 saturated carbocycles.